The van der Waals surface area contributed by atoms with Crippen molar-refractivity contribution in [1.29, 1.82) is 0 Å². The first-order valence-corrected chi connectivity index (χ1v) is 6.83. The van der Waals surface area contributed by atoms with Crippen LogP contribution in [0.3, 0.4) is 0 Å². The van der Waals surface area contributed by atoms with Crippen LogP contribution >= 0.6 is 11.6 Å². The molecule has 1 heterocycles. The third kappa shape index (κ3) is 2.67. The van der Waals surface area contributed by atoms with Gasteiger partial charge in [0.25, 0.3) is 5.69 Å². The van der Waals surface area contributed by atoms with E-state index in [1.807, 2.05) is 0 Å². The van der Waals surface area contributed by atoms with Crippen molar-refractivity contribution in [3.05, 3.63) is 57.6 Å². The zero-order valence-corrected chi connectivity index (χ0v) is 12.3. The number of rotatable bonds is 2. The number of nitrogens with two attached hydrogens (primary N) is 1. The minimum atomic E-state index is -0.575. The van der Waals surface area contributed by atoms with Gasteiger partial charge in [-0.25, -0.2) is 4.79 Å². The zero-order valence-electron chi connectivity index (χ0n) is 11.6. The fraction of sp³-hybridized carbons (Fsp3) is 0. The molecule has 2 aromatic carbocycles. The lowest BCUT2D eigenvalue weighted by molar-refractivity contribution is -0.384. The first kappa shape index (κ1) is 14.8. The van der Waals surface area contributed by atoms with Crippen molar-refractivity contribution in [1.82, 2.24) is 9.78 Å². The third-order valence-corrected chi connectivity index (χ3v) is 3.53. The number of non-ortho nitro benzene ring substituents is 1. The standard InChI is InChI=1S/C14H10ClN5O3/c15-10-7-8(20(22)23)5-6-11(10)17-14(21)19-12-4-2-1-3-9(12)13(16)18-19/h1-7H,(H2,16,18)(H,17,21). The van der Waals surface area contributed by atoms with Crippen molar-refractivity contribution in [2.75, 3.05) is 11.1 Å². The fourth-order valence-corrected chi connectivity index (χ4v) is 2.35. The smallest absolute Gasteiger partial charge is 0.347 e. The molecule has 1 amide bonds. The van der Waals surface area contributed by atoms with Crippen molar-refractivity contribution >= 4 is 45.7 Å². The van der Waals surface area contributed by atoms with Crippen LogP contribution in [0, 0.1) is 10.1 Å². The third-order valence-electron chi connectivity index (χ3n) is 3.21. The molecule has 3 aromatic rings. The SMILES string of the molecule is Nc1nn(C(=O)Nc2ccc([N+](=O)[O-])cc2Cl)c2ccccc12. The number of nitro groups is 1. The number of amides is 1. The number of benzene rings is 2. The van der Waals surface area contributed by atoms with Crippen LogP contribution in [0.5, 0.6) is 0 Å². The number of para-hydroxylation sites is 1. The van der Waals surface area contributed by atoms with Gasteiger partial charge in [0.05, 0.1) is 21.2 Å². The van der Waals surface area contributed by atoms with E-state index in [-0.39, 0.29) is 22.2 Å². The molecular weight excluding hydrogens is 322 g/mol. The number of nitrogen functional groups attached to an aromatic ring is 1. The number of anilines is 2. The summed E-state index contributed by atoms with van der Waals surface area (Å²) in [6.45, 7) is 0. The molecule has 3 rings (SSSR count). The van der Waals surface area contributed by atoms with E-state index in [2.05, 4.69) is 10.4 Å². The molecule has 8 nitrogen and oxygen atoms in total. The summed E-state index contributed by atoms with van der Waals surface area (Å²) < 4.78 is 1.11. The van der Waals surface area contributed by atoms with Gasteiger partial charge in [0.1, 0.15) is 0 Å². The number of nitrogens with one attached hydrogen (secondary N) is 1. The van der Waals surface area contributed by atoms with Gasteiger partial charge in [-0.1, -0.05) is 23.7 Å². The van der Waals surface area contributed by atoms with Crippen molar-refractivity contribution in [2.24, 2.45) is 0 Å². The molecule has 0 saturated heterocycles. The summed E-state index contributed by atoms with van der Waals surface area (Å²) in [5.74, 6) is 0.227. The Morgan fingerprint density at radius 1 is 1.30 bits per heavy atom. The first-order valence-electron chi connectivity index (χ1n) is 6.46. The summed E-state index contributed by atoms with van der Waals surface area (Å²) in [5, 5.41) is 17.9. The molecule has 1 aromatic heterocycles. The Hall–Kier alpha value is -3.13. The van der Waals surface area contributed by atoms with Crippen LogP contribution in [0.25, 0.3) is 10.9 Å². The van der Waals surface area contributed by atoms with Crippen LogP contribution in [-0.2, 0) is 0 Å². The normalized spacial score (nSPS) is 10.7. The molecule has 0 radical (unpaired) electrons. The number of carbonyl (C=O) groups is 1. The van der Waals surface area contributed by atoms with Crippen molar-refractivity contribution in [3.8, 4) is 0 Å². The van der Waals surface area contributed by atoms with E-state index in [1.54, 1.807) is 24.3 Å². The molecule has 3 N–H and O–H groups in total. The van der Waals surface area contributed by atoms with Crippen molar-refractivity contribution in [2.45, 2.75) is 0 Å². The molecule has 0 aliphatic rings. The number of nitrogens with zero attached hydrogens (tertiary/aromatic N) is 3. The Kier molecular flexibility index (Phi) is 3.59. The molecule has 0 aliphatic carbocycles. The van der Waals surface area contributed by atoms with Gasteiger partial charge in [-0.15, -0.1) is 5.10 Å². The predicted octanol–water partition coefficient (Wildman–Crippen LogP) is 3.26. The van der Waals surface area contributed by atoms with E-state index in [1.165, 1.54) is 12.1 Å². The molecule has 23 heavy (non-hydrogen) atoms. The molecule has 116 valence electrons. The maximum atomic E-state index is 12.4. The molecule has 0 atom stereocenters. The van der Waals surface area contributed by atoms with Crippen LogP contribution in [-0.4, -0.2) is 20.7 Å². The Morgan fingerprint density at radius 3 is 2.74 bits per heavy atom. The molecule has 0 unspecified atom stereocenters. The van der Waals surface area contributed by atoms with E-state index >= 15 is 0 Å². The van der Waals surface area contributed by atoms with Gasteiger partial charge in [-0.05, 0) is 18.2 Å². The van der Waals surface area contributed by atoms with Gasteiger partial charge < -0.3 is 11.1 Å². The number of hydrogen-bond acceptors (Lipinski definition) is 5. The van der Waals surface area contributed by atoms with Gasteiger partial charge in [0.15, 0.2) is 5.82 Å². The predicted molar refractivity (Wildman–Crippen MR) is 86.7 cm³/mol. The fourth-order valence-electron chi connectivity index (χ4n) is 2.13. The summed E-state index contributed by atoms with van der Waals surface area (Å²) in [4.78, 5) is 22.5. The van der Waals surface area contributed by atoms with Gasteiger partial charge in [-0.3, -0.25) is 10.1 Å². The summed E-state index contributed by atoms with van der Waals surface area (Å²) in [6, 6.07) is 10.2. The highest BCUT2D eigenvalue weighted by Gasteiger charge is 2.16. The lowest BCUT2D eigenvalue weighted by Gasteiger charge is -2.07. The molecule has 0 aliphatic heterocycles. The Morgan fingerprint density at radius 2 is 2.04 bits per heavy atom. The van der Waals surface area contributed by atoms with Crippen LogP contribution in [0.4, 0.5) is 22.0 Å². The van der Waals surface area contributed by atoms with Crippen LogP contribution < -0.4 is 11.1 Å². The van der Waals surface area contributed by atoms with E-state index in [4.69, 9.17) is 17.3 Å². The average Bonchev–Trinajstić information content (AvgIpc) is 2.87. The molecule has 0 bridgehead atoms. The maximum absolute atomic E-state index is 12.4. The number of carbonyl (C=O) groups excluding carboxylic acids is 1. The van der Waals surface area contributed by atoms with E-state index < -0.39 is 11.0 Å². The topological polar surface area (TPSA) is 116 Å². The Balaban J connectivity index is 1.94. The molecule has 9 heteroatoms. The van der Waals surface area contributed by atoms with Crippen LogP contribution in [0.15, 0.2) is 42.5 Å². The first-order chi connectivity index (χ1) is 11.0. The second-order valence-electron chi connectivity index (χ2n) is 4.67. The lowest BCUT2D eigenvalue weighted by Crippen LogP contribution is -2.21. The average molecular weight is 332 g/mol. The zero-order chi connectivity index (χ0) is 16.6. The highest BCUT2D eigenvalue weighted by Crippen LogP contribution is 2.27. The molecular formula is C14H10ClN5O3. The molecule has 0 saturated carbocycles. The van der Waals surface area contributed by atoms with Crippen LogP contribution in [0.2, 0.25) is 5.02 Å². The summed E-state index contributed by atoms with van der Waals surface area (Å²) >= 11 is 5.95. The van der Waals surface area contributed by atoms with Gasteiger partial charge in [0.2, 0.25) is 0 Å². The van der Waals surface area contributed by atoms with Crippen molar-refractivity contribution in [3.63, 3.8) is 0 Å². The minimum Gasteiger partial charge on any atom is -0.382 e. The second kappa shape index (κ2) is 5.58. The number of nitro benzene ring substituents is 1. The molecule has 0 fully saturated rings. The molecule has 0 spiro atoms. The largest absolute Gasteiger partial charge is 0.382 e. The van der Waals surface area contributed by atoms with Gasteiger partial charge in [-0.2, -0.15) is 4.68 Å². The highest BCUT2D eigenvalue weighted by atomic mass is 35.5. The number of aromatic nitrogens is 2. The summed E-state index contributed by atoms with van der Waals surface area (Å²) in [6.07, 6.45) is 0. The van der Waals surface area contributed by atoms with Crippen molar-refractivity contribution < 1.29 is 9.72 Å². The number of hydrogen-bond donors (Lipinski definition) is 2. The Bertz CT molecular complexity index is 937. The van der Waals surface area contributed by atoms with Crippen LogP contribution in [0.1, 0.15) is 0 Å². The van der Waals surface area contributed by atoms with E-state index in [0.717, 1.165) is 10.7 Å². The van der Waals surface area contributed by atoms with E-state index in [9.17, 15) is 14.9 Å². The van der Waals surface area contributed by atoms with E-state index in [0.29, 0.717) is 10.9 Å². The number of halogens is 1. The summed E-state index contributed by atoms with van der Waals surface area (Å²) in [7, 11) is 0. The Labute approximate surface area is 134 Å². The summed E-state index contributed by atoms with van der Waals surface area (Å²) in [5.41, 5.74) is 6.39. The quantitative estimate of drug-likeness (QED) is 0.552. The lowest BCUT2D eigenvalue weighted by atomic mass is 10.2. The van der Waals surface area contributed by atoms with Gasteiger partial charge in [0, 0.05) is 17.5 Å². The highest BCUT2D eigenvalue weighted by molar-refractivity contribution is 6.34. The van der Waals surface area contributed by atoms with Gasteiger partial charge >= 0.3 is 6.03 Å². The maximum Gasteiger partial charge on any atom is 0.347 e. The monoisotopic (exact) mass is 331 g/mol. The second-order valence-corrected chi connectivity index (χ2v) is 5.07. The minimum absolute atomic E-state index is 0.0528. The number of fused-ring (bicyclic) bond motifs is 1.